The SMILES string of the molecule is Cc1ccn(C)c(=O)c1NC(=O)CC(N)c1ccccc1. The van der Waals surface area contributed by atoms with Gasteiger partial charge in [0.15, 0.2) is 0 Å². The van der Waals surface area contributed by atoms with Crippen molar-refractivity contribution in [3.05, 3.63) is 64.1 Å². The van der Waals surface area contributed by atoms with Crippen LogP contribution in [-0.4, -0.2) is 10.5 Å². The summed E-state index contributed by atoms with van der Waals surface area (Å²) in [6, 6.07) is 10.8. The first kappa shape index (κ1) is 15.0. The lowest BCUT2D eigenvalue weighted by Crippen LogP contribution is -2.27. The number of hydrogen-bond donors (Lipinski definition) is 2. The number of nitrogens with zero attached hydrogens (tertiary/aromatic N) is 1. The van der Waals surface area contributed by atoms with Gasteiger partial charge in [-0.05, 0) is 24.1 Å². The molecule has 1 amide bonds. The van der Waals surface area contributed by atoms with Crippen LogP contribution in [0.15, 0.2) is 47.4 Å². The fraction of sp³-hybridized carbons (Fsp3) is 0.250. The van der Waals surface area contributed by atoms with Crippen LogP contribution >= 0.6 is 0 Å². The third-order valence-electron chi connectivity index (χ3n) is 3.37. The lowest BCUT2D eigenvalue weighted by Gasteiger charge is -2.13. The van der Waals surface area contributed by atoms with Gasteiger partial charge in [-0.15, -0.1) is 0 Å². The molecule has 2 aromatic rings. The van der Waals surface area contributed by atoms with Gasteiger partial charge in [0.2, 0.25) is 5.91 Å². The number of anilines is 1. The Morgan fingerprint density at radius 3 is 2.62 bits per heavy atom. The zero-order chi connectivity index (χ0) is 15.4. The average Bonchev–Trinajstić information content (AvgIpc) is 2.48. The molecule has 1 atom stereocenters. The molecule has 1 heterocycles. The molecule has 0 bridgehead atoms. The minimum absolute atomic E-state index is 0.126. The van der Waals surface area contributed by atoms with Crippen molar-refractivity contribution >= 4 is 11.6 Å². The minimum Gasteiger partial charge on any atom is -0.324 e. The minimum atomic E-state index is -0.390. The van der Waals surface area contributed by atoms with Gasteiger partial charge in [0.05, 0.1) is 0 Å². The molecule has 110 valence electrons. The molecule has 0 saturated heterocycles. The highest BCUT2D eigenvalue weighted by molar-refractivity contribution is 5.91. The second-order valence-corrected chi connectivity index (χ2v) is 5.06. The molecule has 3 N–H and O–H groups in total. The second-order valence-electron chi connectivity index (χ2n) is 5.06. The molecule has 0 fully saturated rings. The zero-order valence-electron chi connectivity index (χ0n) is 12.2. The van der Waals surface area contributed by atoms with E-state index in [0.717, 1.165) is 11.1 Å². The molecule has 1 aromatic carbocycles. The van der Waals surface area contributed by atoms with Crippen LogP contribution < -0.4 is 16.6 Å². The standard InChI is InChI=1S/C16H19N3O2/c1-11-8-9-19(2)16(21)15(11)18-14(20)10-13(17)12-6-4-3-5-7-12/h3-9,13H,10,17H2,1-2H3,(H,18,20). The highest BCUT2D eigenvalue weighted by Gasteiger charge is 2.14. The van der Waals surface area contributed by atoms with Crippen molar-refractivity contribution in [2.24, 2.45) is 12.8 Å². The lowest BCUT2D eigenvalue weighted by molar-refractivity contribution is -0.116. The fourth-order valence-electron chi connectivity index (χ4n) is 2.08. The number of benzene rings is 1. The summed E-state index contributed by atoms with van der Waals surface area (Å²) in [5, 5.41) is 2.67. The van der Waals surface area contributed by atoms with Gasteiger partial charge in [0, 0.05) is 25.7 Å². The lowest BCUT2D eigenvalue weighted by atomic mass is 10.0. The average molecular weight is 285 g/mol. The van der Waals surface area contributed by atoms with E-state index in [1.165, 1.54) is 4.57 Å². The number of nitrogens with two attached hydrogens (primary N) is 1. The Hall–Kier alpha value is -2.40. The van der Waals surface area contributed by atoms with Gasteiger partial charge in [-0.2, -0.15) is 0 Å². The summed E-state index contributed by atoms with van der Waals surface area (Å²) in [6.07, 6.45) is 1.80. The molecule has 0 aliphatic rings. The Morgan fingerprint density at radius 1 is 1.29 bits per heavy atom. The zero-order valence-corrected chi connectivity index (χ0v) is 12.2. The van der Waals surface area contributed by atoms with Crippen LogP contribution in [0.4, 0.5) is 5.69 Å². The molecular weight excluding hydrogens is 266 g/mol. The molecule has 5 heteroatoms. The van der Waals surface area contributed by atoms with Gasteiger partial charge >= 0.3 is 0 Å². The van der Waals surface area contributed by atoms with Gasteiger partial charge in [-0.3, -0.25) is 9.59 Å². The van der Waals surface area contributed by atoms with E-state index in [4.69, 9.17) is 5.73 Å². The van der Waals surface area contributed by atoms with Crippen LogP contribution in [0.2, 0.25) is 0 Å². The quantitative estimate of drug-likeness (QED) is 0.898. The molecular formula is C16H19N3O2. The van der Waals surface area contributed by atoms with Gasteiger partial charge in [-0.25, -0.2) is 0 Å². The van der Waals surface area contributed by atoms with Crippen molar-refractivity contribution in [1.29, 1.82) is 0 Å². The van der Waals surface area contributed by atoms with E-state index in [1.807, 2.05) is 30.3 Å². The molecule has 0 aliphatic heterocycles. The van der Waals surface area contributed by atoms with Crippen LogP contribution in [-0.2, 0) is 11.8 Å². The number of pyridine rings is 1. The first-order valence-electron chi connectivity index (χ1n) is 6.75. The monoisotopic (exact) mass is 285 g/mol. The largest absolute Gasteiger partial charge is 0.324 e. The van der Waals surface area contributed by atoms with Crippen LogP contribution in [0.5, 0.6) is 0 Å². The number of amides is 1. The van der Waals surface area contributed by atoms with Crippen LogP contribution in [0, 0.1) is 6.92 Å². The number of hydrogen-bond acceptors (Lipinski definition) is 3. The van der Waals surface area contributed by atoms with E-state index in [0.29, 0.717) is 5.69 Å². The maximum absolute atomic E-state index is 12.1. The van der Waals surface area contributed by atoms with Gasteiger partial charge in [0.25, 0.3) is 5.56 Å². The van der Waals surface area contributed by atoms with E-state index in [1.54, 1.807) is 26.2 Å². The Kier molecular flexibility index (Phi) is 4.55. The predicted molar refractivity (Wildman–Crippen MR) is 83.0 cm³/mol. The van der Waals surface area contributed by atoms with Crippen molar-refractivity contribution in [2.75, 3.05) is 5.32 Å². The third kappa shape index (κ3) is 3.58. The fourth-order valence-corrected chi connectivity index (χ4v) is 2.08. The highest BCUT2D eigenvalue weighted by atomic mass is 16.2. The summed E-state index contributed by atoms with van der Waals surface area (Å²) in [5.74, 6) is -0.266. The number of carbonyl (C=O) groups excluding carboxylic acids is 1. The van der Waals surface area contributed by atoms with Gasteiger partial charge < -0.3 is 15.6 Å². The number of aromatic nitrogens is 1. The van der Waals surface area contributed by atoms with E-state index in [-0.39, 0.29) is 23.9 Å². The Labute approximate surface area is 123 Å². The van der Waals surface area contributed by atoms with Crippen molar-refractivity contribution in [1.82, 2.24) is 4.57 Å². The van der Waals surface area contributed by atoms with Gasteiger partial charge in [-0.1, -0.05) is 30.3 Å². The molecule has 21 heavy (non-hydrogen) atoms. The number of rotatable bonds is 4. The first-order valence-corrected chi connectivity index (χ1v) is 6.75. The van der Waals surface area contributed by atoms with Crippen LogP contribution in [0.3, 0.4) is 0 Å². The molecule has 0 saturated carbocycles. The Morgan fingerprint density at radius 2 is 1.95 bits per heavy atom. The number of aryl methyl sites for hydroxylation is 2. The smallest absolute Gasteiger partial charge is 0.274 e. The topological polar surface area (TPSA) is 77.1 Å². The maximum atomic E-state index is 12.1. The summed E-state index contributed by atoms with van der Waals surface area (Å²) >= 11 is 0. The molecule has 0 radical (unpaired) electrons. The summed E-state index contributed by atoms with van der Waals surface area (Å²) < 4.78 is 1.43. The van der Waals surface area contributed by atoms with Crippen LogP contribution in [0.1, 0.15) is 23.6 Å². The summed E-state index contributed by atoms with van der Waals surface area (Å²) in [4.78, 5) is 24.1. The molecule has 2 rings (SSSR count). The highest BCUT2D eigenvalue weighted by Crippen LogP contribution is 2.15. The second kappa shape index (κ2) is 6.37. The van der Waals surface area contributed by atoms with E-state index in [9.17, 15) is 9.59 Å². The summed E-state index contributed by atoms with van der Waals surface area (Å²) in [5.41, 5.74) is 7.73. The first-order chi connectivity index (χ1) is 9.99. The van der Waals surface area contributed by atoms with Crippen molar-refractivity contribution in [2.45, 2.75) is 19.4 Å². The van der Waals surface area contributed by atoms with Crippen molar-refractivity contribution in [3.63, 3.8) is 0 Å². The maximum Gasteiger partial charge on any atom is 0.274 e. The predicted octanol–water partition coefficient (Wildman–Crippen LogP) is 1.72. The van der Waals surface area contributed by atoms with Crippen LogP contribution in [0.25, 0.3) is 0 Å². The number of carbonyl (C=O) groups is 1. The Bertz CT molecular complexity index is 692. The van der Waals surface area contributed by atoms with E-state index < -0.39 is 0 Å². The molecule has 5 nitrogen and oxygen atoms in total. The Balaban J connectivity index is 2.10. The molecule has 1 unspecified atom stereocenters. The van der Waals surface area contributed by atoms with E-state index >= 15 is 0 Å². The molecule has 0 spiro atoms. The molecule has 1 aromatic heterocycles. The normalized spacial score (nSPS) is 12.0. The molecule has 0 aliphatic carbocycles. The van der Waals surface area contributed by atoms with Crippen molar-refractivity contribution < 1.29 is 4.79 Å². The van der Waals surface area contributed by atoms with Gasteiger partial charge in [0.1, 0.15) is 5.69 Å². The summed E-state index contributed by atoms with van der Waals surface area (Å²) in [6.45, 7) is 1.79. The third-order valence-corrected chi connectivity index (χ3v) is 3.37. The summed E-state index contributed by atoms with van der Waals surface area (Å²) in [7, 11) is 1.65. The van der Waals surface area contributed by atoms with E-state index in [2.05, 4.69) is 5.32 Å². The van der Waals surface area contributed by atoms with Crippen molar-refractivity contribution in [3.8, 4) is 0 Å². The number of nitrogens with one attached hydrogen (secondary N) is 1.